The van der Waals surface area contributed by atoms with Crippen LogP contribution in [-0.2, 0) is 6.42 Å². The number of amides is 1. The lowest BCUT2D eigenvalue weighted by atomic mass is 10.1. The molecule has 120 valence electrons. The maximum atomic E-state index is 12.9. The molecule has 0 aliphatic heterocycles. The van der Waals surface area contributed by atoms with Gasteiger partial charge in [-0.2, -0.15) is 0 Å². The van der Waals surface area contributed by atoms with Gasteiger partial charge in [0.05, 0.1) is 11.4 Å². The number of terminal acetylenes is 1. The van der Waals surface area contributed by atoms with Gasteiger partial charge >= 0.3 is 0 Å². The van der Waals surface area contributed by atoms with Crippen LogP contribution in [0.4, 0.5) is 0 Å². The fourth-order valence-corrected chi connectivity index (χ4v) is 4.06. The molecule has 0 radical (unpaired) electrons. The van der Waals surface area contributed by atoms with Crippen molar-refractivity contribution in [3.63, 3.8) is 0 Å². The summed E-state index contributed by atoms with van der Waals surface area (Å²) in [5.41, 5.74) is 1.93. The van der Waals surface area contributed by atoms with E-state index in [0.29, 0.717) is 12.5 Å². The van der Waals surface area contributed by atoms with Gasteiger partial charge in [-0.3, -0.25) is 4.79 Å². The molecule has 0 spiro atoms. The Labute approximate surface area is 140 Å². The summed E-state index contributed by atoms with van der Waals surface area (Å²) >= 11 is 1.47. The van der Waals surface area contributed by atoms with Gasteiger partial charge in [0.2, 0.25) is 0 Å². The number of aromatic nitrogens is 2. The minimum absolute atomic E-state index is 0.0350. The van der Waals surface area contributed by atoms with E-state index in [-0.39, 0.29) is 5.91 Å². The highest BCUT2D eigenvalue weighted by atomic mass is 32.1. The number of fused-ring (bicyclic) bond motifs is 1. The average molecular weight is 327 g/mol. The fourth-order valence-electron chi connectivity index (χ4n) is 2.84. The quantitative estimate of drug-likeness (QED) is 0.791. The molecule has 5 heteroatoms. The number of hydrogen-bond acceptors (Lipinski definition) is 4. The Morgan fingerprint density at radius 2 is 2.13 bits per heavy atom. The number of nitrogens with zero attached hydrogens (tertiary/aromatic N) is 3. The van der Waals surface area contributed by atoms with Gasteiger partial charge in [-0.1, -0.05) is 12.8 Å². The number of carbonyl (C=O) groups is 1. The van der Waals surface area contributed by atoms with Crippen molar-refractivity contribution in [1.29, 1.82) is 0 Å². The number of carbonyl (C=O) groups excluding carboxylic acids is 1. The summed E-state index contributed by atoms with van der Waals surface area (Å²) in [4.78, 5) is 25.5. The summed E-state index contributed by atoms with van der Waals surface area (Å²) < 4.78 is 0. The predicted octanol–water partition coefficient (Wildman–Crippen LogP) is 3.36. The molecule has 1 aliphatic carbocycles. The second-order valence-electron chi connectivity index (χ2n) is 6.15. The molecule has 2 heterocycles. The second-order valence-corrected chi connectivity index (χ2v) is 7.15. The summed E-state index contributed by atoms with van der Waals surface area (Å²) in [5.74, 6) is 4.10. The van der Waals surface area contributed by atoms with E-state index in [1.54, 1.807) is 4.90 Å². The number of aryl methyl sites for hydroxylation is 3. The summed E-state index contributed by atoms with van der Waals surface area (Å²) in [7, 11) is 0. The zero-order chi connectivity index (χ0) is 16.6. The van der Waals surface area contributed by atoms with Gasteiger partial charge in [-0.05, 0) is 38.2 Å². The van der Waals surface area contributed by atoms with Gasteiger partial charge in [-0.15, -0.1) is 17.8 Å². The van der Waals surface area contributed by atoms with E-state index in [4.69, 9.17) is 6.42 Å². The van der Waals surface area contributed by atoms with Crippen molar-refractivity contribution < 1.29 is 4.79 Å². The molecule has 3 rings (SSSR count). The third-order valence-electron chi connectivity index (χ3n) is 4.27. The zero-order valence-corrected chi connectivity index (χ0v) is 14.7. The molecule has 1 saturated carbocycles. The molecule has 0 unspecified atom stereocenters. The summed E-state index contributed by atoms with van der Waals surface area (Å²) in [5, 5.41) is 1.02. The molecule has 2 aromatic heterocycles. The fraction of sp³-hybridized carbons (Fsp3) is 0.500. The van der Waals surface area contributed by atoms with E-state index in [0.717, 1.165) is 45.1 Å². The lowest BCUT2D eigenvalue weighted by Gasteiger charge is -2.19. The first-order valence-corrected chi connectivity index (χ1v) is 8.86. The monoisotopic (exact) mass is 327 g/mol. The maximum Gasteiger partial charge on any atom is 0.265 e. The first-order valence-electron chi connectivity index (χ1n) is 8.04. The van der Waals surface area contributed by atoms with E-state index in [9.17, 15) is 4.79 Å². The second kappa shape index (κ2) is 6.29. The van der Waals surface area contributed by atoms with Crippen LogP contribution in [0.3, 0.4) is 0 Å². The molecule has 4 nitrogen and oxygen atoms in total. The summed E-state index contributed by atoms with van der Waals surface area (Å²) in [6.07, 6.45) is 8.64. The van der Waals surface area contributed by atoms with Crippen molar-refractivity contribution in [3.05, 3.63) is 22.0 Å². The van der Waals surface area contributed by atoms with Crippen LogP contribution in [0.25, 0.3) is 10.2 Å². The van der Waals surface area contributed by atoms with Crippen LogP contribution in [0.15, 0.2) is 0 Å². The SMILES string of the molecule is C#CCN(CC1CC1)C(=O)c1sc2nc(CC)nc(C)c2c1C. The number of thiophene rings is 1. The molecular weight excluding hydrogens is 306 g/mol. The third kappa shape index (κ3) is 3.09. The maximum absolute atomic E-state index is 12.9. The van der Waals surface area contributed by atoms with Crippen LogP contribution in [0.1, 0.15) is 46.5 Å². The molecule has 23 heavy (non-hydrogen) atoms. The lowest BCUT2D eigenvalue weighted by Crippen LogP contribution is -2.33. The van der Waals surface area contributed by atoms with E-state index in [1.807, 2.05) is 20.8 Å². The van der Waals surface area contributed by atoms with E-state index in [2.05, 4.69) is 15.9 Å². The third-order valence-corrected chi connectivity index (χ3v) is 5.45. The van der Waals surface area contributed by atoms with Crippen molar-refractivity contribution in [2.24, 2.45) is 5.92 Å². The van der Waals surface area contributed by atoms with Gasteiger partial charge in [0.1, 0.15) is 10.7 Å². The minimum atomic E-state index is 0.0350. The molecule has 0 saturated heterocycles. The van der Waals surface area contributed by atoms with Crippen LogP contribution >= 0.6 is 11.3 Å². The molecule has 0 N–H and O–H groups in total. The summed E-state index contributed by atoms with van der Waals surface area (Å²) in [6.45, 7) is 7.15. The van der Waals surface area contributed by atoms with Crippen LogP contribution in [0.5, 0.6) is 0 Å². The normalized spacial score (nSPS) is 14.0. The Kier molecular flexibility index (Phi) is 4.36. The lowest BCUT2D eigenvalue weighted by molar-refractivity contribution is 0.0774. The van der Waals surface area contributed by atoms with Gasteiger partial charge in [0.15, 0.2) is 0 Å². The summed E-state index contributed by atoms with van der Waals surface area (Å²) in [6, 6.07) is 0. The van der Waals surface area contributed by atoms with E-state index >= 15 is 0 Å². The van der Waals surface area contributed by atoms with Crippen LogP contribution in [0, 0.1) is 32.1 Å². The molecule has 0 atom stereocenters. The van der Waals surface area contributed by atoms with E-state index in [1.165, 1.54) is 24.2 Å². The highest BCUT2D eigenvalue weighted by molar-refractivity contribution is 7.20. The molecule has 0 bridgehead atoms. The van der Waals surface area contributed by atoms with E-state index < -0.39 is 0 Å². The molecule has 2 aromatic rings. The topological polar surface area (TPSA) is 46.1 Å². The van der Waals surface area contributed by atoms with Crippen LogP contribution in [0.2, 0.25) is 0 Å². The van der Waals surface area contributed by atoms with Crippen LogP contribution in [-0.4, -0.2) is 33.9 Å². The smallest absolute Gasteiger partial charge is 0.265 e. The zero-order valence-electron chi connectivity index (χ0n) is 13.8. The minimum Gasteiger partial charge on any atom is -0.327 e. The van der Waals surface area contributed by atoms with Gasteiger partial charge in [-0.25, -0.2) is 9.97 Å². The highest BCUT2D eigenvalue weighted by Gasteiger charge is 2.29. The van der Waals surface area contributed by atoms with Gasteiger partial charge < -0.3 is 4.90 Å². The van der Waals surface area contributed by atoms with Gasteiger partial charge in [0, 0.05) is 24.0 Å². The van der Waals surface area contributed by atoms with Crippen molar-refractivity contribution in [1.82, 2.24) is 14.9 Å². The number of hydrogen-bond donors (Lipinski definition) is 0. The van der Waals surface area contributed by atoms with Crippen molar-refractivity contribution in [3.8, 4) is 12.3 Å². The Hall–Kier alpha value is -1.93. The molecular formula is C18H21N3OS. The largest absolute Gasteiger partial charge is 0.327 e. The Morgan fingerprint density at radius 3 is 2.74 bits per heavy atom. The van der Waals surface area contributed by atoms with Crippen molar-refractivity contribution in [2.75, 3.05) is 13.1 Å². The first kappa shape index (κ1) is 15.9. The number of rotatable bonds is 5. The standard InChI is InChI=1S/C18H21N3OS/c1-5-9-21(10-13-7-8-13)18(22)16-11(3)15-12(4)19-14(6-2)20-17(15)23-16/h1,13H,6-10H2,2-4H3. The Morgan fingerprint density at radius 1 is 1.39 bits per heavy atom. The van der Waals surface area contributed by atoms with Gasteiger partial charge in [0.25, 0.3) is 5.91 Å². The first-order chi connectivity index (χ1) is 11.0. The van der Waals surface area contributed by atoms with Crippen LogP contribution < -0.4 is 0 Å². The molecule has 1 fully saturated rings. The van der Waals surface area contributed by atoms with Crippen molar-refractivity contribution in [2.45, 2.75) is 40.0 Å². The Bertz CT molecular complexity index is 799. The molecule has 1 aliphatic rings. The average Bonchev–Trinajstić information content (AvgIpc) is 3.28. The highest BCUT2D eigenvalue weighted by Crippen LogP contribution is 2.34. The Balaban J connectivity index is 2.00. The molecule has 0 aromatic carbocycles. The molecule has 1 amide bonds. The predicted molar refractivity (Wildman–Crippen MR) is 93.7 cm³/mol. The van der Waals surface area contributed by atoms with Crippen molar-refractivity contribution >= 4 is 27.5 Å².